The second-order valence-electron chi connectivity index (χ2n) is 4.79. The normalized spacial score (nSPS) is 16.0. The minimum Gasteiger partial charge on any atom is -0.449 e. The molecule has 108 valence electrons. The first-order chi connectivity index (χ1) is 9.63. The lowest BCUT2D eigenvalue weighted by molar-refractivity contribution is -0.120. The summed E-state index contributed by atoms with van der Waals surface area (Å²) in [6.07, 6.45) is 2.10. The molecule has 0 aromatic heterocycles. The fourth-order valence-electron chi connectivity index (χ4n) is 2.47. The van der Waals surface area contributed by atoms with Crippen LogP contribution in [0.2, 0.25) is 0 Å². The highest BCUT2D eigenvalue weighted by Crippen LogP contribution is 2.32. The highest BCUT2D eigenvalue weighted by atomic mass is 79.9. The number of hydrogen-bond acceptors (Lipinski definition) is 3. The van der Waals surface area contributed by atoms with Crippen molar-refractivity contribution in [1.82, 2.24) is 0 Å². The van der Waals surface area contributed by atoms with E-state index in [-0.39, 0.29) is 17.9 Å². The Morgan fingerprint density at radius 1 is 1.35 bits per heavy atom. The molecule has 0 saturated heterocycles. The average molecular weight is 340 g/mol. The quantitative estimate of drug-likeness (QED) is 0.838. The second-order valence-corrected chi connectivity index (χ2v) is 5.64. The molecule has 0 spiro atoms. The van der Waals surface area contributed by atoms with Gasteiger partial charge < -0.3 is 4.74 Å². The molecule has 0 atom stereocenters. The number of benzene rings is 1. The molecule has 0 radical (unpaired) electrons. The SMILES string of the molecule is CCOC(=O)N(c1ccccc1Br)C1CCC(=O)CC1. The van der Waals surface area contributed by atoms with Crippen molar-refractivity contribution in [2.45, 2.75) is 38.6 Å². The zero-order chi connectivity index (χ0) is 14.5. The molecule has 2 rings (SSSR count). The van der Waals surface area contributed by atoms with E-state index in [2.05, 4.69) is 15.9 Å². The number of ether oxygens (including phenoxy) is 1. The Morgan fingerprint density at radius 2 is 2.00 bits per heavy atom. The molecule has 1 aliphatic rings. The number of halogens is 1. The van der Waals surface area contributed by atoms with Crippen LogP contribution in [-0.2, 0) is 9.53 Å². The molecule has 20 heavy (non-hydrogen) atoms. The molecule has 0 unspecified atom stereocenters. The third-order valence-electron chi connectivity index (χ3n) is 3.45. The maximum Gasteiger partial charge on any atom is 0.414 e. The fourth-order valence-corrected chi connectivity index (χ4v) is 2.94. The summed E-state index contributed by atoms with van der Waals surface area (Å²) in [5, 5.41) is 0. The maximum atomic E-state index is 12.3. The average Bonchev–Trinajstić information content (AvgIpc) is 2.44. The summed E-state index contributed by atoms with van der Waals surface area (Å²) in [5.74, 6) is 0.275. The van der Waals surface area contributed by atoms with Crippen LogP contribution in [0.25, 0.3) is 0 Å². The van der Waals surface area contributed by atoms with Crippen LogP contribution in [0, 0.1) is 0 Å². The summed E-state index contributed by atoms with van der Waals surface area (Å²) < 4.78 is 6.03. The number of carbonyl (C=O) groups is 2. The van der Waals surface area contributed by atoms with Crippen molar-refractivity contribution in [2.75, 3.05) is 11.5 Å². The summed E-state index contributed by atoms with van der Waals surface area (Å²) in [7, 11) is 0. The molecule has 1 amide bonds. The second kappa shape index (κ2) is 6.88. The van der Waals surface area contributed by atoms with E-state index in [9.17, 15) is 9.59 Å². The number of nitrogens with zero attached hydrogens (tertiary/aromatic N) is 1. The Hall–Kier alpha value is -1.36. The van der Waals surface area contributed by atoms with Crippen molar-refractivity contribution in [3.63, 3.8) is 0 Å². The van der Waals surface area contributed by atoms with Crippen molar-refractivity contribution in [3.05, 3.63) is 28.7 Å². The zero-order valence-corrected chi connectivity index (χ0v) is 13.1. The first-order valence-electron chi connectivity index (χ1n) is 6.85. The largest absolute Gasteiger partial charge is 0.449 e. The van der Waals surface area contributed by atoms with Crippen molar-refractivity contribution >= 4 is 33.5 Å². The lowest BCUT2D eigenvalue weighted by atomic mass is 9.93. The van der Waals surface area contributed by atoms with Gasteiger partial charge in [-0.05, 0) is 47.8 Å². The minimum atomic E-state index is -0.348. The standard InChI is InChI=1S/C15H18BrNO3/c1-2-20-15(19)17(11-7-9-12(18)10-8-11)14-6-4-3-5-13(14)16/h3-6,11H,2,7-10H2,1H3. The Labute approximate surface area is 127 Å². The number of amides is 1. The van der Waals surface area contributed by atoms with Crippen molar-refractivity contribution in [3.8, 4) is 0 Å². The van der Waals surface area contributed by atoms with Crippen LogP contribution in [0.1, 0.15) is 32.6 Å². The molecule has 1 aliphatic carbocycles. The monoisotopic (exact) mass is 339 g/mol. The third-order valence-corrected chi connectivity index (χ3v) is 4.13. The van der Waals surface area contributed by atoms with Gasteiger partial charge in [-0.25, -0.2) is 4.79 Å². The summed E-state index contributed by atoms with van der Waals surface area (Å²) >= 11 is 3.48. The van der Waals surface area contributed by atoms with Gasteiger partial charge in [0.25, 0.3) is 0 Å². The number of carbonyl (C=O) groups excluding carboxylic acids is 2. The molecule has 4 nitrogen and oxygen atoms in total. The van der Waals surface area contributed by atoms with Gasteiger partial charge >= 0.3 is 6.09 Å². The van der Waals surface area contributed by atoms with Crippen LogP contribution < -0.4 is 4.90 Å². The molecule has 1 aromatic rings. The molecule has 0 heterocycles. The van der Waals surface area contributed by atoms with Gasteiger partial charge in [-0.1, -0.05) is 12.1 Å². The van der Waals surface area contributed by atoms with Gasteiger partial charge in [0.05, 0.1) is 12.3 Å². The summed E-state index contributed by atoms with van der Waals surface area (Å²) in [4.78, 5) is 25.3. The van der Waals surface area contributed by atoms with E-state index in [4.69, 9.17) is 4.74 Å². The van der Waals surface area contributed by atoms with E-state index < -0.39 is 0 Å². The number of rotatable bonds is 3. The van der Waals surface area contributed by atoms with Crippen LogP contribution in [-0.4, -0.2) is 24.5 Å². The topological polar surface area (TPSA) is 46.6 Å². The molecule has 0 aliphatic heterocycles. The van der Waals surface area contributed by atoms with Crippen molar-refractivity contribution < 1.29 is 14.3 Å². The number of Topliss-reactive ketones (excluding diaryl/α,β-unsaturated/α-hetero) is 1. The molecular formula is C15H18BrNO3. The van der Waals surface area contributed by atoms with Crippen molar-refractivity contribution in [1.29, 1.82) is 0 Å². The third kappa shape index (κ3) is 3.39. The van der Waals surface area contributed by atoms with Gasteiger partial charge in [0.2, 0.25) is 0 Å². The Kier molecular flexibility index (Phi) is 5.17. The molecule has 0 bridgehead atoms. The van der Waals surface area contributed by atoms with E-state index in [1.54, 1.807) is 11.8 Å². The lowest BCUT2D eigenvalue weighted by Gasteiger charge is -2.33. The fraction of sp³-hybridized carbons (Fsp3) is 0.467. The lowest BCUT2D eigenvalue weighted by Crippen LogP contribution is -2.43. The van der Waals surface area contributed by atoms with E-state index in [1.165, 1.54) is 0 Å². The molecule has 1 saturated carbocycles. The number of ketones is 1. The molecule has 0 N–H and O–H groups in total. The zero-order valence-electron chi connectivity index (χ0n) is 11.5. The number of anilines is 1. The van der Waals surface area contributed by atoms with E-state index in [0.29, 0.717) is 32.3 Å². The van der Waals surface area contributed by atoms with Crippen LogP contribution in [0.5, 0.6) is 0 Å². The maximum absolute atomic E-state index is 12.3. The first-order valence-corrected chi connectivity index (χ1v) is 7.65. The molecular weight excluding hydrogens is 322 g/mol. The van der Waals surface area contributed by atoms with Gasteiger partial charge in [0.1, 0.15) is 5.78 Å². The van der Waals surface area contributed by atoms with E-state index >= 15 is 0 Å². The van der Waals surface area contributed by atoms with Crippen LogP contribution in [0.3, 0.4) is 0 Å². The first kappa shape index (κ1) is 15.0. The van der Waals surface area contributed by atoms with Crippen LogP contribution >= 0.6 is 15.9 Å². The highest BCUT2D eigenvalue weighted by molar-refractivity contribution is 9.10. The van der Waals surface area contributed by atoms with Crippen LogP contribution in [0.4, 0.5) is 10.5 Å². The minimum absolute atomic E-state index is 0.0189. The smallest absolute Gasteiger partial charge is 0.414 e. The summed E-state index contributed by atoms with van der Waals surface area (Å²) in [6.45, 7) is 2.13. The van der Waals surface area contributed by atoms with E-state index in [0.717, 1.165) is 10.2 Å². The predicted molar refractivity (Wildman–Crippen MR) is 80.9 cm³/mol. The Balaban J connectivity index is 2.27. The van der Waals surface area contributed by atoms with Gasteiger partial charge in [-0.3, -0.25) is 9.69 Å². The van der Waals surface area contributed by atoms with Crippen molar-refractivity contribution in [2.24, 2.45) is 0 Å². The predicted octanol–water partition coefficient (Wildman–Crippen LogP) is 3.92. The molecule has 1 aromatic carbocycles. The molecule has 1 fully saturated rings. The number of hydrogen-bond donors (Lipinski definition) is 0. The van der Waals surface area contributed by atoms with Gasteiger partial charge in [0.15, 0.2) is 0 Å². The van der Waals surface area contributed by atoms with Gasteiger partial charge in [-0.15, -0.1) is 0 Å². The van der Waals surface area contributed by atoms with Gasteiger partial charge in [0, 0.05) is 23.4 Å². The Bertz CT molecular complexity index is 494. The summed E-state index contributed by atoms with van der Waals surface area (Å²) in [6, 6.07) is 7.60. The van der Waals surface area contributed by atoms with E-state index in [1.807, 2.05) is 24.3 Å². The highest BCUT2D eigenvalue weighted by Gasteiger charge is 2.31. The summed E-state index contributed by atoms with van der Waals surface area (Å²) in [5.41, 5.74) is 0.797. The van der Waals surface area contributed by atoms with Crippen LogP contribution in [0.15, 0.2) is 28.7 Å². The van der Waals surface area contributed by atoms with Gasteiger partial charge in [-0.2, -0.15) is 0 Å². The Morgan fingerprint density at radius 3 is 2.60 bits per heavy atom. The molecule has 5 heteroatoms. The number of para-hydroxylation sites is 1.